The molecule has 154 valence electrons. The maximum Gasteiger partial charge on any atom is 0.240 e. The summed E-state index contributed by atoms with van der Waals surface area (Å²) in [6, 6.07) is 6.50. The molecule has 0 radical (unpaired) electrons. The molecule has 1 saturated heterocycles. The largest absolute Gasteiger partial charge is 0.378 e. The Hall–Kier alpha value is -2.29. The number of carbonyl (C=O) groups excluding carboxylic acids is 1. The Morgan fingerprint density at radius 1 is 1.31 bits per heavy atom. The first-order chi connectivity index (χ1) is 14.1. The number of benzene rings is 1. The van der Waals surface area contributed by atoms with E-state index < -0.39 is 0 Å². The zero-order valence-corrected chi connectivity index (χ0v) is 17.7. The Kier molecular flexibility index (Phi) is 5.94. The molecule has 1 aromatic heterocycles. The number of amides is 1. The van der Waals surface area contributed by atoms with Gasteiger partial charge in [0.25, 0.3) is 0 Å². The van der Waals surface area contributed by atoms with E-state index in [1.807, 2.05) is 11.8 Å². The highest BCUT2D eigenvalue weighted by atomic mass is 16.5. The third-order valence-corrected chi connectivity index (χ3v) is 5.97. The highest BCUT2D eigenvalue weighted by Crippen LogP contribution is 2.36. The Morgan fingerprint density at radius 2 is 2.10 bits per heavy atom. The number of morpholine rings is 1. The van der Waals surface area contributed by atoms with Crippen LogP contribution in [-0.2, 0) is 22.5 Å². The van der Waals surface area contributed by atoms with Crippen molar-refractivity contribution in [2.75, 3.05) is 26.3 Å². The second-order valence-electron chi connectivity index (χ2n) is 8.49. The van der Waals surface area contributed by atoms with Crippen molar-refractivity contribution in [2.45, 2.75) is 52.2 Å². The molecule has 0 spiro atoms. The summed E-state index contributed by atoms with van der Waals surface area (Å²) in [6.45, 7) is 9.67. The lowest BCUT2D eigenvalue weighted by Gasteiger charge is -2.32. The molecule has 5 nitrogen and oxygen atoms in total. The van der Waals surface area contributed by atoms with Crippen molar-refractivity contribution in [1.82, 2.24) is 14.8 Å². The van der Waals surface area contributed by atoms with Crippen molar-refractivity contribution in [3.63, 3.8) is 0 Å². The van der Waals surface area contributed by atoms with Crippen molar-refractivity contribution in [3.05, 3.63) is 35.5 Å². The lowest BCUT2D eigenvalue weighted by molar-refractivity contribution is -0.137. The summed E-state index contributed by atoms with van der Waals surface area (Å²) < 4.78 is 7.68. The van der Waals surface area contributed by atoms with Crippen LogP contribution in [0.15, 0.2) is 24.4 Å². The van der Waals surface area contributed by atoms with Gasteiger partial charge in [-0.2, -0.15) is 0 Å². The highest BCUT2D eigenvalue weighted by Gasteiger charge is 2.33. The van der Waals surface area contributed by atoms with Gasteiger partial charge in [0, 0.05) is 36.2 Å². The van der Waals surface area contributed by atoms with E-state index in [1.165, 1.54) is 22.0 Å². The average molecular weight is 394 g/mol. The number of hydrogen-bond acceptors (Lipinski definition) is 3. The van der Waals surface area contributed by atoms with E-state index >= 15 is 0 Å². The topological polar surface area (TPSA) is 46.5 Å². The third kappa shape index (κ3) is 4.05. The lowest BCUT2D eigenvalue weighted by atomic mass is 9.94. The number of carbonyl (C=O) groups is 1. The SMILES string of the molecule is CC#CCn1cc2c3c(cccc31)C(CC(C)C)NC(C(=O)N1CCOCC1)C2. The molecule has 1 aromatic carbocycles. The Bertz CT molecular complexity index is 944. The first-order valence-corrected chi connectivity index (χ1v) is 10.7. The molecule has 1 amide bonds. The van der Waals surface area contributed by atoms with Gasteiger partial charge >= 0.3 is 0 Å². The minimum Gasteiger partial charge on any atom is -0.378 e. The summed E-state index contributed by atoms with van der Waals surface area (Å²) in [7, 11) is 0. The molecular weight excluding hydrogens is 362 g/mol. The fraction of sp³-hybridized carbons (Fsp3) is 0.542. The van der Waals surface area contributed by atoms with E-state index in [4.69, 9.17) is 4.74 Å². The fourth-order valence-corrected chi connectivity index (χ4v) is 4.65. The van der Waals surface area contributed by atoms with Gasteiger partial charge in [0.2, 0.25) is 5.91 Å². The van der Waals surface area contributed by atoms with E-state index in [0.29, 0.717) is 45.2 Å². The van der Waals surface area contributed by atoms with Gasteiger partial charge in [0.1, 0.15) is 0 Å². The van der Waals surface area contributed by atoms with Gasteiger partial charge < -0.3 is 14.2 Å². The number of nitrogens with one attached hydrogen (secondary N) is 1. The third-order valence-electron chi connectivity index (χ3n) is 5.97. The summed E-state index contributed by atoms with van der Waals surface area (Å²) in [5, 5.41) is 5.04. The molecule has 0 bridgehead atoms. The minimum absolute atomic E-state index is 0.169. The molecule has 2 atom stereocenters. The van der Waals surface area contributed by atoms with Crippen LogP contribution >= 0.6 is 0 Å². The molecule has 2 aromatic rings. The Balaban J connectivity index is 1.75. The maximum absolute atomic E-state index is 13.4. The lowest BCUT2D eigenvalue weighted by Crippen LogP contribution is -2.51. The standard InChI is InChI=1S/C24H31N3O2/c1-4-5-9-27-16-18-15-21(24(28)26-10-12-29-13-11-26)25-20(14-17(2)3)19-7-6-8-22(27)23(18)19/h6-8,16-17,20-21,25H,9-15H2,1-3H3. The Labute approximate surface area is 173 Å². The molecule has 4 rings (SSSR count). The van der Waals surface area contributed by atoms with Crippen LogP contribution in [0.5, 0.6) is 0 Å². The van der Waals surface area contributed by atoms with Gasteiger partial charge in [-0.3, -0.25) is 10.1 Å². The monoisotopic (exact) mass is 393 g/mol. The van der Waals surface area contributed by atoms with Crippen LogP contribution in [0.1, 0.15) is 44.4 Å². The molecule has 2 aliphatic heterocycles. The molecule has 0 saturated carbocycles. The first-order valence-electron chi connectivity index (χ1n) is 10.7. The zero-order chi connectivity index (χ0) is 20.4. The molecule has 2 unspecified atom stereocenters. The fourth-order valence-electron chi connectivity index (χ4n) is 4.65. The molecule has 5 heteroatoms. The van der Waals surface area contributed by atoms with Crippen LogP contribution < -0.4 is 5.32 Å². The van der Waals surface area contributed by atoms with E-state index in [2.05, 4.69) is 60.0 Å². The molecule has 0 aliphatic carbocycles. The number of hydrogen-bond donors (Lipinski definition) is 1. The average Bonchev–Trinajstić information content (AvgIpc) is 3.00. The molecule has 29 heavy (non-hydrogen) atoms. The molecule has 3 heterocycles. The molecule has 2 aliphatic rings. The molecular formula is C24H31N3O2. The van der Waals surface area contributed by atoms with Crippen molar-refractivity contribution in [3.8, 4) is 11.8 Å². The summed E-state index contributed by atoms with van der Waals surface area (Å²) in [6.07, 6.45) is 3.92. The van der Waals surface area contributed by atoms with Gasteiger partial charge in [-0.15, -0.1) is 5.92 Å². The van der Waals surface area contributed by atoms with Crippen molar-refractivity contribution in [1.29, 1.82) is 0 Å². The van der Waals surface area contributed by atoms with Crippen molar-refractivity contribution >= 4 is 16.8 Å². The van der Waals surface area contributed by atoms with E-state index in [-0.39, 0.29) is 18.0 Å². The van der Waals surface area contributed by atoms with Gasteiger partial charge in [0.05, 0.1) is 25.8 Å². The quantitative estimate of drug-likeness (QED) is 0.812. The van der Waals surface area contributed by atoms with Crippen LogP contribution in [0.2, 0.25) is 0 Å². The number of rotatable bonds is 4. The minimum atomic E-state index is -0.208. The summed E-state index contributed by atoms with van der Waals surface area (Å²) >= 11 is 0. The van der Waals surface area contributed by atoms with E-state index in [1.54, 1.807) is 0 Å². The predicted octanol–water partition coefficient (Wildman–Crippen LogP) is 3.12. The number of nitrogens with zero attached hydrogens (tertiary/aromatic N) is 2. The first kappa shape index (κ1) is 20.0. The van der Waals surface area contributed by atoms with E-state index in [9.17, 15) is 4.79 Å². The second-order valence-corrected chi connectivity index (χ2v) is 8.49. The van der Waals surface area contributed by atoms with E-state index in [0.717, 1.165) is 6.42 Å². The molecule has 1 fully saturated rings. The number of ether oxygens (including phenoxy) is 1. The summed E-state index contributed by atoms with van der Waals surface area (Å²) in [4.78, 5) is 15.3. The van der Waals surface area contributed by atoms with Gasteiger partial charge in [0.15, 0.2) is 0 Å². The maximum atomic E-state index is 13.4. The van der Waals surface area contributed by atoms with Crippen LogP contribution in [0.3, 0.4) is 0 Å². The van der Waals surface area contributed by atoms with Crippen LogP contribution in [0, 0.1) is 17.8 Å². The normalized spacial score (nSPS) is 21.7. The van der Waals surface area contributed by atoms with Crippen LogP contribution in [-0.4, -0.2) is 47.7 Å². The van der Waals surface area contributed by atoms with Crippen molar-refractivity contribution < 1.29 is 9.53 Å². The second kappa shape index (κ2) is 8.61. The van der Waals surface area contributed by atoms with Gasteiger partial charge in [-0.05, 0) is 42.9 Å². The highest BCUT2D eigenvalue weighted by molar-refractivity contribution is 5.90. The van der Waals surface area contributed by atoms with Crippen LogP contribution in [0.4, 0.5) is 0 Å². The van der Waals surface area contributed by atoms with Crippen LogP contribution in [0.25, 0.3) is 10.9 Å². The summed E-state index contributed by atoms with van der Waals surface area (Å²) in [5.74, 6) is 6.92. The zero-order valence-electron chi connectivity index (χ0n) is 17.7. The van der Waals surface area contributed by atoms with Crippen molar-refractivity contribution in [2.24, 2.45) is 5.92 Å². The van der Waals surface area contributed by atoms with Gasteiger partial charge in [-0.25, -0.2) is 0 Å². The smallest absolute Gasteiger partial charge is 0.240 e. The van der Waals surface area contributed by atoms with Gasteiger partial charge in [-0.1, -0.05) is 31.9 Å². The number of aromatic nitrogens is 1. The summed E-state index contributed by atoms with van der Waals surface area (Å²) in [5.41, 5.74) is 3.78. The Morgan fingerprint density at radius 3 is 2.83 bits per heavy atom. The molecule has 1 N–H and O–H groups in total. The predicted molar refractivity (Wildman–Crippen MR) is 116 cm³/mol.